The topological polar surface area (TPSA) is 20.9 Å². The van der Waals surface area contributed by atoms with E-state index >= 15 is 0 Å². The van der Waals surface area contributed by atoms with Crippen molar-refractivity contribution in [3.8, 4) is 0 Å². The molecule has 0 aromatic carbocycles. The maximum Gasteiger partial charge on any atom is 0.206 e. The standard InChI is InChI=1S/C10H14NO.HI/c1-9(2)10(12)8-11-6-4-3-5-7-11;/h3-7,9H,8H2,1-2H3;1H/q+1;/p-1. The first kappa shape index (κ1) is 12.6. The second kappa shape index (κ2) is 6.07. The Labute approximate surface area is 96.0 Å². The van der Waals surface area contributed by atoms with Crippen molar-refractivity contribution in [1.29, 1.82) is 0 Å². The van der Waals surface area contributed by atoms with Gasteiger partial charge >= 0.3 is 0 Å². The molecule has 0 aliphatic carbocycles. The van der Waals surface area contributed by atoms with E-state index in [2.05, 4.69) is 0 Å². The second-order valence-electron chi connectivity index (χ2n) is 3.17. The Morgan fingerprint density at radius 3 is 2.23 bits per heavy atom. The Morgan fingerprint density at radius 2 is 1.77 bits per heavy atom. The summed E-state index contributed by atoms with van der Waals surface area (Å²) in [6.45, 7) is 4.33. The highest BCUT2D eigenvalue weighted by atomic mass is 127. The molecule has 2 nitrogen and oxygen atoms in total. The van der Waals surface area contributed by atoms with Gasteiger partial charge in [0.15, 0.2) is 18.2 Å². The van der Waals surface area contributed by atoms with Gasteiger partial charge in [0.1, 0.15) is 0 Å². The predicted octanol–water partition coefficient (Wildman–Crippen LogP) is -1.80. The summed E-state index contributed by atoms with van der Waals surface area (Å²) >= 11 is 0. The maximum absolute atomic E-state index is 11.3. The lowest BCUT2D eigenvalue weighted by Crippen LogP contribution is -3.00. The maximum atomic E-state index is 11.3. The van der Waals surface area contributed by atoms with Crippen LogP contribution < -0.4 is 28.5 Å². The van der Waals surface area contributed by atoms with Crippen LogP contribution in [0.1, 0.15) is 13.8 Å². The molecule has 0 N–H and O–H groups in total. The van der Waals surface area contributed by atoms with Gasteiger partial charge in [0.25, 0.3) is 0 Å². The highest BCUT2D eigenvalue weighted by Crippen LogP contribution is 1.93. The van der Waals surface area contributed by atoms with E-state index < -0.39 is 0 Å². The number of aromatic nitrogens is 1. The number of halogens is 1. The van der Waals surface area contributed by atoms with E-state index in [1.807, 2.05) is 49.0 Å². The molecule has 0 unspecified atom stereocenters. The molecular formula is C10H14INO. The first-order valence-corrected chi connectivity index (χ1v) is 4.17. The summed E-state index contributed by atoms with van der Waals surface area (Å²) in [6.07, 6.45) is 3.81. The molecule has 13 heavy (non-hydrogen) atoms. The number of carbonyl (C=O) groups excluding carboxylic acids is 1. The van der Waals surface area contributed by atoms with Crippen LogP contribution in [0.3, 0.4) is 0 Å². The minimum Gasteiger partial charge on any atom is -1.00 e. The lowest BCUT2D eigenvalue weighted by Gasteiger charge is -1.98. The molecule has 1 aromatic heterocycles. The van der Waals surface area contributed by atoms with Gasteiger partial charge in [-0.15, -0.1) is 0 Å². The van der Waals surface area contributed by atoms with E-state index in [1.165, 1.54) is 0 Å². The molecule has 0 saturated heterocycles. The Kier molecular flexibility index (Phi) is 5.86. The minimum absolute atomic E-state index is 0. The van der Waals surface area contributed by atoms with Crippen molar-refractivity contribution in [3.63, 3.8) is 0 Å². The number of rotatable bonds is 3. The van der Waals surface area contributed by atoms with E-state index in [4.69, 9.17) is 0 Å². The van der Waals surface area contributed by atoms with Gasteiger partial charge in [-0.2, -0.15) is 4.57 Å². The quantitative estimate of drug-likeness (QED) is 0.476. The summed E-state index contributed by atoms with van der Waals surface area (Å²) in [5.41, 5.74) is 0. The zero-order valence-electron chi connectivity index (χ0n) is 7.90. The lowest BCUT2D eigenvalue weighted by atomic mass is 10.1. The molecule has 0 spiro atoms. The van der Waals surface area contributed by atoms with Crippen molar-refractivity contribution in [1.82, 2.24) is 0 Å². The Balaban J connectivity index is 0.00000144. The molecule has 0 radical (unpaired) electrons. The van der Waals surface area contributed by atoms with Gasteiger partial charge < -0.3 is 24.0 Å². The molecule has 1 aromatic rings. The zero-order chi connectivity index (χ0) is 8.97. The van der Waals surface area contributed by atoms with Crippen LogP contribution in [0.15, 0.2) is 30.6 Å². The number of ketones is 1. The highest BCUT2D eigenvalue weighted by molar-refractivity contribution is 5.78. The molecular weight excluding hydrogens is 277 g/mol. The average Bonchev–Trinajstić information content (AvgIpc) is 2.06. The fraction of sp³-hybridized carbons (Fsp3) is 0.400. The van der Waals surface area contributed by atoms with Crippen LogP contribution in [0.25, 0.3) is 0 Å². The lowest BCUT2D eigenvalue weighted by molar-refractivity contribution is -0.684. The predicted molar refractivity (Wildman–Crippen MR) is 46.5 cm³/mol. The third-order valence-electron chi connectivity index (χ3n) is 1.76. The van der Waals surface area contributed by atoms with E-state index in [1.54, 1.807) is 0 Å². The number of Topliss-reactive ketones (excluding diaryl/α,β-unsaturated/α-hetero) is 1. The minimum atomic E-state index is 0. The summed E-state index contributed by atoms with van der Waals surface area (Å²) in [4.78, 5) is 11.3. The van der Waals surface area contributed by atoms with Crippen LogP contribution in [0.5, 0.6) is 0 Å². The van der Waals surface area contributed by atoms with Crippen LogP contribution in [0, 0.1) is 5.92 Å². The molecule has 72 valence electrons. The van der Waals surface area contributed by atoms with Crippen molar-refractivity contribution >= 4 is 5.78 Å². The molecule has 0 saturated carbocycles. The van der Waals surface area contributed by atoms with Crippen LogP contribution >= 0.6 is 0 Å². The molecule has 0 fully saturated rings. The van der Waals surface area contributed by atoms with Crippen LogP contribution in [-0.2, 0) is 11.3 Å². The van der Waals surface area contributed by atoms with Crippen LogP contribution in [-0.4, -0.2) is 5.78 Å². The van der Waals surface area contributed by atoms with Crippen molar-refractivity contribution < 1.29 is 33.3 Å². The van der Waals surface area contributed by atoms with Crippen molar-refractivity contribution in [2.75, 3.05) is 0 Å². The number of pyridine rings is 1. The molecule has 0 aliphatic heterocycles. The zero-order valence-corrected chi connectivity index (χ0v) is 10.1. The molecule has 1 heterocycles. The summed E-state index contributed by atoms with van der Waals surface area (Å²) in [5, 5.41) is 0. The molecule has 0 atom stereocenters. The molecule has 1 rings (SSSR count). The van der Waals surface area contributed by atoms with Gasteiger partial charge in [-0.25, -0.2) is 0 Å². The van der Waals surface area contributed by atoms with Gasteiger partial charge in [-0.05, 0) is 0 Å². The van der Waals surface area contributed by atoms with Crippen LogP contribution in [0.2, 0.25) is 0 Å². The van der Waals surface area contributed by atoms with Crippen molar-refractivity contribution in [2.45, 2.75) is 20.4 Å². The normalized spacial score (nSPS) is 9.46. The van der Waals surface area contributed by atoms with E-state index in [0.29, 0.717) is 6.54 Å². The monoisotopic (exact) mass is 291 g/mol. The van der Waals surface area contributed by atoms with Crippen molar-refractivity contribution in [3.05, 3.63) is 30.6 Å². The molecule has 0 amide bonds. The van der Waals surface area contributed by atoms with Gasteiger partial charge in [-0.1, -0.05) is 19.9 Å². The first-order chi connectivity index (χ1) is 5.70. The average molecular weight is 291 g/mol. The smallest absolute Gasteiger partial charge is 0.206 e. The molecule has 0 aliphatic rings. The third kappa shape index (κ3) is 4.36. The summed E-state index contributed by atoms with van der Waals surface area (Å²) < 4.78 is 1.89. The Hall–Kier alpha value is -0.450. The number of hydrogen-bond acceptors (Lipinski definition) is 1. The van der Waals surface area contributed by atoms with Crippen molar-refractivity contribution in [2.24, 2.45) is 5.92 Å². The number of hydrogen-bond donors (Lipinski definition) is 0. The first-order valence-electron chi connectivity index (χ1n) is 4.17. The van der Waals surface area contributed by atoms with Gasteiger partial charge in [-0.3, -0.25) is 4.79 Å². The summed E-state index contributed by atoms with van der Waals surface area (Å²) in [6, 6.07) is 5.79. The Bertz CT molecular complexity index is 259. The number of nitrogens with zero attached hydrogens (tertiary/aromatic N) is 1. The SMILES string of the molecule is CC(C)C(=O)C[n+]1ccccc1.[I-]. The third-order valence-corrected chi connectivity index (χ3v) is 1.76. The van der Waals surface area contributed by atoms with E-state index in [-0.39, 0.29) is 35.7 Å². The van der Waals surface area contributed by atoms with Gasteiger partial charge in [0.2, 0.25) is 6.54 Å². The molecule has 3 heteroatoms. The fourth-order valence-corrected chi connectivity index (χ4v) is 0.902. The van der Waals surface area contributed by atoms with E-state index in [0.717, 1.165) is 0 Å². The van der Waals surface area contributed by atoms with Crippen LogP contribution in [0.4, 0.5) is 0 Å². The fourth-order valence-electron chi connectivity index (χ4n) is 0.902. The highest BCUT2D eigenvalue weighted by Gasteiger charge is 2.11. The van der Waals surface area contributed by atoms with Gasteiger partial charge in [0, 0.05) is 18.1 Å². The van der Waals surface area contributed by atoms with Gasteiger partial charge in [0.05, 0.1) is 0 Å². The summed E-state index contributed by atoms with van der Waals surface area (Å²) in [7, 11) is 0. The van der Waals surface area contributed by atoms with E-state index in [9.17, 15) is 4.79 Å². The second-order valence-corrected chi connectivity index (χ2v) is 3.17. The Morgan fingerprint density at radius 1 is 1.23 bits per heavy atom. The summed E-state index contributed by atoms with van der Waals surface area (Å²) in [5.74, 6) is 0.393. The molecule has 0 bridgehead atoms. The largest absolute Gasteiger partial charge is 1.00 e. The number of carbonyl (C=O) groups is 1.